The quantitative estimate of drug-likeness (QED) is 0.454. The number of hydrogen-bond acceptors (Lipinski definition) is 4. The molecule has 1 unspecified atom stereocenters. The van der Waals surface area contributed by atoms with Crippen LogP contribution >= 0.6 is 15.3 Å². The number of rotatable bonds is 7. The van der Waals surface area contributed by atoms with Crippen LogP contribution in [0.25, 0.3) is 0 Å². The fourth-order valence-electron chi connectivity index (χ4n) is 2.86. The van der Waals surface area contributed by atoms with Gasteiger partial charge in [0, 0.05) is 5.57 Å². The van der Waals surface area contributed by atoms with E-state index < -0.39 is 21.3 Å². The molecule has 0 fully saturated rings. The van der Waals surface area contributed by atoms with E-state index in [4.69, 9.17) is 8.83 Å². The van der Waals surface area contributed by atoms with E-state index in [0.29, 0.717) is 0 Å². The first-order valence-electron chi connectivity index (χ1n) is 8.84. The first-order chi connectivity index (χ1) is 13.8. The summed E-state index contributed by atoms with van der Waals surface area (Å²) in [5, 5.41) is 2.16. The average Bonchev–Trinajstić information content (AvgIpc) is 2.73. The van der Waals surface area contributed by atoms with Gasteiger partial charge in [0.05, 0.1) is 0 Å². The minimum atomic E-state index is -4.78. The van der Waals surface area contributed by atoms with Crippen LogP contribution in [0.15, 0.2) is 103 Å². The molecule has 3 aromatic carbocycles. The van der Waals surface area contributed by atoms with Crippen molar-refractivity contribution >= 4 is 37.2 Å². The van der Waals surface area contributed by atoms with Crippen LogP contribution in [0.4, 0.5) is 0 Å². The Morgan fingerprint density at radius 1 is 0.828 bits per heavy atom. The lowest BCUT2D eigenvalue weighted by Crippen LogP contribution is -2.32. The Morgan fingerprint density at radius 3 is 1.48 bits per heavy atom. The predicted molar refractivity (Wildman–Crippen MR) is 117 cm³/mol. The fourth-order valence-corrected chi connectivity index (χ4v) is 8.40. The Hall–Kier alpha value is -2.55. The molecule has 0 bridgehead atoms. The first-order valence-corrected chi connectivity index (χ1v) is 12.0. The zero-order chi connectivity index (χ0) is 20.9. The molecular weight excluding hydrogens is 406 g/mol. The molecule has 0 aliphatic carbocycles. The third-order valence-corrected chi connectivity index (χ3v) is 9.41. The van der Waals surface area contributed by atoms with Gasteiger partial charge in [-0.2, -0.15) is 0 Å². The first kappa shape index (κ1) is 21.2. The smallest absolute Gasteiger partial charge is 0.365 e. The molecular formula is C22H21O5P2+. The zero-order valence-electron chi connectivity index (χ0n) is 15.8. The van der Waals surface area contributed by atoms with Crippen molar-refractivity contribution in [3.05, 3.63) is 103 Å². The van der Waals surface area contributed by atoms with Crippen molar-refractivity contribution in [3.63, 3.8) is 0 Å². The second-order valence-corrected chi connectivity index (χ2v) is 10.9. The summed E-state index contributed by atoms with van der Waals surface area (Å²) in [4.78, 5) is 22.5. The van der Waals surface area contributed by atoms with Crippen LogP contribution in [0.5, 0.6) is 0 Å². The molecule has 3 aromatic rings. The Balaban J connectivity index is 2.24. The standard InChI is InChI=1S/C22H20O5P2/c1-18(2)22(23)26-29(24,25)27-28(19-12-6-3-7-13-19,20-14-8-4-9-15-20)21-16-10-5-11-17-21/h3-17H,1H2,2H3/p+1. The molecule has 0 aliphatic heterocycles. The van der Waals surface area contributed by atoms with Gasteiger partial charge in [0.1, 0.15) is 15.9 Å². The number of phosphoric ester groups is 1. The molecule has 1 atom stereocenters. The maximum atomic E-state index is 12.9. The van der Waals surface area contributed by atoms with Crippen molar-refractivity contribution in [1.82, 2.24) is 0 Å². The molecule has 0 aliphatic rings. The Bertz CT molecular complexity index is 940. The highest BCUT2D eigenvalue weighted by Crippen LogP contribution is 2.67. The molecule has 0 radical (unpaired) electrons. The molecule has 1 N–H and O–H groups in total. The predicted octanol–water partition coefficient (Wildman–Crippen LogP) is 4.13. The molecule has 7 heteroatoms. The van der Waals surface area contributed by atoms with Crippen molar-refractivity contribution in [2.45, 2.75) is 6.92 Å². The Morgan fingerprint density at radius 2 is 1.17 bits per heavy atom. The molecule has 148 valence electrons. The van der Waals surface area contributed by atoms with Crippen LogP contribution in [0.2, 0.25) is 0 Å². The van der Waals surface area contributed by atoms with E-state index in [9.17, 15) is 14.3 Å². The third kappa shape index (κ3) is 4.72. The summed E-state index contributed by atoms with van der Waals surface area (Å²) in [5.41, 5.74) is 0.00550. The largest absolute Gasteiger partial charge is 0.565 e. The van der Waals surface area contributed by atoms with Crippen molar-refractivity contribution in [3.8, 4) is 0 Å². The van der Waals surface area contributed by atoms with Crippen LogP contribution in [0.3, 0.4) is 0 Å². The fraction of sp³-hybridized carbons (Fsp3) is 0.0455. The highest BCUT2D eigenvalue weighted by molar-refractivity contribution is 7.94. The van der Waals surface area contributed by atoms with Crippen LogP contribution in [-0.2, 0) is 18.2 Å². The van der Waals surface area contributed by atoms with E-state index in [1.807, 2.05) is 91.0 Å². The summed E-state index contributed by atoms with van der Waals surface area (Å²) in [6.07, 6.45) is 0. The number of carbonyl (C=O) groups is 1. The summed E-state index contributed by atoms with van der Waals surface area (Å²) in [6, 6.07) is 27.6. The second-order valence-electron chi connectivity index (χ2n) is 6.33. The van der Waals surface area contributed by atoms with E-state index in [2.05, 4.69) is 6.58 Å². The molecule has 0 aromatic heterocycles. The molecule has 0 spiro atoms. The van der Waals surface area contributed by atoms with Gasteiger partial charge in [-0.1, -0.05) is 61.2 Å². The van der Waals surface area contributed by atoms with E-state index in [1.165, 1.54) is 6.92 Å². The highest BCUT2D eigenvalue weighted by atomic mass is 31.3. The van der Waals surface area contributed by atoms with Gasteiger partial charge in [0.2, 0.25) is 0 Å². The molecule has 0 heterocycles. The van der Waals surface area contributed by atoms with Gasteiger partial charge >= 0.3 is 13.8 Å². The van der Waals surface area contributed by atoms with Crippen molar-refractivity contribution < 1.29 is 23.1 Å². The zero-order valence-corrected chi connectivity index (χ0v) is 17.6. The number of benzene rings is 3. The molecule has 3 rings (SSSR count). The molecule has 0 amide bonds. The van der Waals surface area contributed by atoms with E-state index >= 15 is 0 Å². The lowest BCUT2D eigenvalue weighted by atomic mass is 10.4. The monoisotopic (exact) mass is 427 g/mol. The normalized spacial score (nSPS) is 13.3. The second kappa shape index (κ2) is 8.86. The summed E-state index contributed by atoms with van der Waals surface area (Å²) < 4.78 is 23.7. The molecule has 5 nitrogen and oxygen atoms in total. The van der Waals surface area contributed by atoms with Crippen LogP contribution < -0.4 is 15.9 Å². The molecule has 0 saturated carbocycles. The van der Waals surface area contributed by atoms with E-state index in [-0.39, 0.29) is 5.57 Å². The minimum absolute atomic E-state index is 0.00550. The van der Waals surface area contributed by atoms with Gasteiger partial charge in [-0.3, -0.25) is 4.89 Å². The minimum Gasteiger partial charge on any atom is -0.365 e. The lowest BCUT2D eigenvalue weighted by molar-refractivity contribution is -0.131. The van der Waals surface area contributed by atoms with Gasteiger partial charge < -0.3 is 4.52 Å². The Labute approximate surface area is 170 Å². The van der Waals surface area contributed by atoms with Crippen LogP contribution in [0, 0.1) is 0 Å². The Kier molecular flexibility index (Phi) is 6.46. The summed E-state index contributed by atoms with van der Waals surface area (Å²) in [7, 11) is -7.86. The van der Waals surface area contributed by atoms with Gasteiger partial charge in [0.25, 0.3) is 7.49 Å². The van der Waals surface area contributed by atoms with E-state index in [1.54, 1.807) is 0 Å². The van der Waals surface area contributed by atoms with Crippen molar-refractivity contribution in [2.24, 2.45) is 0 Å². The van der Waals surface area contributed by atoms with Gasteiger partial charge in [-0.15, -0.1) is 4.31 Å². The molecule has 0 saturated heterocycles. The van der Waals surface area contributed by atoms with Crippen molar-refractivity contribution in [2.75, 3.05) is 0 Å². The number of carbonyl (C=O) groups excluding carboxylic acids is 1. The maximum Gasteiger partial charge on any atom is 0.565 e. The maximum absolute atomic E-state index is 12.9. The summed E-state index contributed by atoms with van der Waals surface area (Å²) >= 11 is 0. The van der Waals surface area contributed by atoms with Gasteiger partial charge in [-0.25, -0.2) is 9.36 Å². The number of phosphoric acid groups is 1. The van der Waals surface area contributed by atoms with Crippen LogP contribution in [-0.4, -0.2) is 10.9 Å². The summed E-state index contributed by atoms with van der Waals surface area (Å²) in [5.74, 6) is -0.983. The van der Waals surface area contributed by atoms with E-state index in [0.717, 1.165) is 15.9 Å². The highest BCUT2D eigenvalue weighted by Gasteiger charge is 2.55. The molecule has 29 heavy (non-hydrogen) atoms. The lowest BCUT2D eigenvalue weighted by Gasteiger charge is -2.26. The number of hydrogen-bond donors (Lipinski definition) is 1. The van der Waals surface area contributed by atoms with Crippen molar-refractivity contribution in [1.29, 1.82) is 0 Å². The van der Waals surface area contributed by atoms with Crippen LogP contribution in [0.1, 0.15) is 6.92 Å². The summed E-state index contributed by atoms with van der Waals surface area (Å²) in [6.45, 7) is 4.86. The topological polar surface area (TPSA) is 72.8 Å². The van der Waals surface area contributed by atoms with Gasteiger partial charge in [0.15, 0.2) is 0 Å². The SMILES string of the molecule is C=C(C)C(=O)OP(=O)(O)O[P+](c1ccccc1)(c1ccccc1)c1ccccc1. The third-order valence-electron chi connectivity index (χ3n) is 4.13. The average molecular weight is 427 g/mol. The van der Waals surface area contributed by atoms with Gasteiger partial charge in [-0.05, 0) is 43.3 Å².